The first-order valence-corrected chi connectivity index (χ1v) is 11.2. The van der Waals surface area contributed by atoms with Gasteiger partial charge in [0, 0.05) is 11.8 Å². The van der Waals surface area contributed by atoms with E-state index in [-0.39, 0.29) is 12.3 Å². The van der Waals surface area contributed by atoms with Gasteiger partial charge in [-0.1, -0.05) is 66.2 Å². The number of fused-ring (bicyclic) bond motifs is 1. The van der Waals surface area contributed by atoms with E-state index >= 15 is 0 Å². The standard InChI is InChI=1S/C25H21N5OS/c1-17-10-12-18(13-11-17)24-20(27-25(32-24)19-7-3-2-4-8-19)15-23(31)26-16-22-29-28-21-9-5-6-14-30(21)22/h2-14H,15-16H2,1H3,(H,26,31). The van der Waals surface area contributed by atoms with Crippen LogP contribution >= 0.6 is 11.3 Å². The van der Waals surface area contributed by atoms with Crippen LogP contribution in [0.5, 0.6) is 0 Å². The minimum atomic E-state index is -0.101. The van der Waals surface area contributed by atoms with Gasteiger partial charge >= 0.3 is 0 Å². The molecule has 0 radical (unpaired) electrons. The highest BCUT2D eigenvalue weighted by Crippen LogP contribution is 2.35. The van der Waals surface area contributed by atoms with Crippen molar-refractivity contribution in [1.29, 1.82) is 0 Å². The number of nitrogens with one attached hydrogen (secondary N) is 1. The monoisotopic (exact) mass is 439 g/mol. The molecule has 3 heterocycles. The lowest BCUT2D eigenvalue weighted by Crippen LogP contribution is -2.26. The van der Waals surface area contributed by atoms with Crippen molar-refractivity contribution in [2.24, 2.45) is 0 Å². The highest BCUT2D eigenvalue weighted by Gasteiger charge is 2.17. The van der Waals surface area contributed by atoms with Crippen LogP contribution < -0.4 is 5.32 Å². The topological polar surface area (TPSA) is 72.2 Å². The molecule has 32 heavy (non-hydrogen) atoms. The summed E-state index contributed by atoms with van der Waals surface area (Å²) in [4.78, 5) is 18.7. The van der Waals surface area contributed by atoms with Crippen LogP contribution in [-0.2, 0) is 17.8 Å². The molecule has 0 aliphatic heterocycles. The molecule has 0 spiro atoms. The maximum Gasteiger partial charge on any atom is 0.226 e. The van der Waals surface area contributed by atoms with Crippen molar-refractivity contribution in [3.05, 3.63) is 96.1 Å². The van der Waals surface area contributed by atoms with E-state index in [1.165, 1.54) is 5.56 Å². The normalized spacial score (nSPS) is 11.0. The number of thiazole rings is 1. The highest BCUT2D eigenvalue weighted by molar-refractivity contribution is 7.18. The highest BCUT2D eigenvalue weighted by atomic mass is 32.1. The van der Waals surface area contributed by atoms with E-state index in [9.17, 15) is 4.79 Å². The van der Waals surface area contributed by atoms with Crippen molar-refractivity contribution in [1.82, 2.24) is 24.9 Å². The van der Waals surface area contributed by atoms with Crippen LogP contribution in [-0.4, -0.2) is 25.5 Å². The van der Waals surface area contributed by atoms with E-state index < -0.39 is 0 Å². The summed E-state index contributed by atoms with van der Waals surface area (Å²) in [5.74, 6) is 0.590. The van der Waals surface area contributed by atoms with Crippen molar-refractivity contribution >= 4 is 22.9 Å². The van der Waals surface area contributed by atoms with Crippen molar-refractivity contribution in [3.8, 4) is 21.0 Å². The number of benzene rings is 2. The average Bonchev–Trinajstić information content (AvgIpc) is 3.43. The molecule has 3 aromatic heterocycles. The molecule has 0 fully saturated rings. The zero-order valence-electron chi connectivity index (χ0n) is 17.5. The smallest absolute Gasteiger partial charge is 0.226 e. The van der Waals surface area contributed by atoms with Gasteiger partial charge in [0.25, 0.3) is 0 Å². The maximum absolute atomic E-state index is 12.8. The molecule has 0 aliphatic rings. The zero-order valence-corrected chi connectivity index (χ0v) is 18.3. The van der Waals surface area contributed by atoms with Crippen molar-refractivity contribution < 1.29 is 4.79 Å². The third kappa shape index (κ3) is 4.15. The average molecular weight is 440 g/mol. The molecule has 0 aliphatic carbocycles. The fourth-order valence-corrected chi connectivity index (χ4v) is 4.60. The van der Waals surface area contributed by atoms with Gasteiger partial charge < -0.3 is 5.32 Å². The number of hydrogen-bond donors (Lipinski definition) is 1. The number of carbonyl (C=O) groups is 1. The molecule has 5 rings (SSSR count). The fourth-order valence-electron chi connectivity index (χ4n) is 3.51. The second-order valence-electron chi connectivity index (χ2n) is 7.53. The number of rotatable bonds is 6. The van der Waals surface area contributed by atoms with Gasteiger partial charge in [0.2, 0.25) is 5.91 Å². The van der Waals surface area contributed by atoms with E-state index in [2.05, 4.69) is 46.7 Å². The van der Waals surface area contributed by atoms with E-state index in [1.807, 2.05) is 59.1 Å². The summed E-state index contributed by atoms with van der Waals surface area (Å²) in [5, 5.41) is 12.2. The molecule has 158 valence electrons. The molecule has 5 aromatic rings. The Morgan fingerprint density at radius 2 is 1.72 bits per heavy atom. The number of amides is 1. The lowest BCUT2D eigenvalue weighted by atomic mass is 10.1. The number of carbonyl (C=O) groups excluding carboxylic acids is 1. The Balaban J connectivity index is 1.39. The lowest BCUT2D eigenvalue weighted by Gasteiger charge is -2.05. The minimum absolute atomic E-state index is 0.101. The predicted octanol–water partition coefficient (Wildman–Crippen LogP) is 4.69. The summed E-state index contributed by atoms with van der Waals surface area (Å²) >= 11 is 1.61. The molecule has 7 heteroatoms. The Morgan fingerprint density at radius 3 is 2.53 bits per heavy atom. The Kier molecular flexibility index (Phi) is 5.47. The van der Waals surface area contributed by atoms with Gasteiger partial charge in [0.15, 0.2) is 11.5 Å². The first-order valence-electron chi connectivity index (χ1n) is 10.3. The molecular weight excluding hydrogens is 418 g/mol. The summed E-state index contributed by atoms with van der Waals surface area (Å²) in [6.07, 6.45) is 2.09. The third-order valence-corrected chi connectivity index (χ3v) is 6.38. The zero-order chi connectivity index (χ0) is 21.9. The fraction of sp³-hybridized carbons (Fsp3) is 0.120. The third-order valence-electron chi connectivity index (χ3n) is 5.19. The second kappa shape index (κ2) is 8.72. The largest absolute Gasteiger partial charge is 0.348 e. The molecule has 0 saturated carbocycles. The van der Waals surface area contributed by atoms with Gasteiger partial charge in [0.05, 0.1) is 23.5 Å². The van der Waals surface area contributed by atoms with E-state index in [0.29, 0.717) is 12.4 Å². The predicted molar refractivity (Wildman–Crippen MR) is 126 cm³/mol. The Hall–Kier alpha value is -3.84. The minimum Gasteiger partial charge on any atom is -0.348 e. The van der Waals surface area contributed by atoms with Crippen LogP contribution in [0.2, 0.25) is 0 Å². The summed E-state index contributed by atoms with van der Waals surface area (Å²) in [6.45, 7) is 2.37. The number of aryl methyl sites for hydroxylation is 1. The van der Waals surface area contributed by atoms with Crippen LogP contribution in [0.25, 0.3) is 26.7 Å². The van der Waals surface area contributed by atoms with E-state index in [4.69, 9.17) is 4.98 Å². The van der Waals surface area contributed by atoms with Crippen LogP contribution in [0.1, 0.15) is 17.1 Å². The maximum atomic E-state index is 12.8. The van der Waals surface area contributed by atoms with Crippen molar-refractivity contribution in [2.75, 3.05) is 0 Å². The summed E-state index contributed by atoms with van der Waals surface area (Å²) in [5.41, 5.74) is 4.85. The van der Waals surface area contributed by atoms with E-state index in [1.54, 1.807) is 11.3 Å². The molecule has 0 saturated heterocycles. The Bertz CT molecular complexity index is 1370. The first-order chi connectivity index (χ1) is 15.7. The van der Waals surface area contributed by atoms with Crippen molar-refractivity contribution in [2.45, 2.75) is 19.9 Å². The molecule has 6 nitrogen and oxygen atoms in total. The quantitative estimate of drug-likeness (QED) is 0.417. The van der Waals surface area contributed by atoms with Gasteiger partial charge in [-0.3, -0.25) is 9.20 Å². The first kappa shape index (κ1) is 20.1. The molecule has 0 atom stereocenters. The number of pyridine rings is 1. The van der Waals surface area contributed by atoms with Crippen LogP contribution in [0.15, 0.2) is 79.0 Å². The Labute approximate surface area is 189 Å². The van der Waals surface area contributed by atoms with Gasteiger partial charge in [-0.25, -0.2) is 4.98 Å². The van der Waals surface area contributed by atoms with E-state index in [0.717, 1.165) is 32.4 Å². The Morgan fingerprint density at radius 1 is 0.938 bits per heavy atom. The summed E-state index contributed by atoms with van der Waals surface area (Å²) in [6, 6.07) is 24.1. The molecule has 1 amide bonds. The molecule has 0 bridgehead atoms. The number of nitrogens with zero attached hydrogens (tertiary/aromatic N) is 4. The van der Waals surface area contributed by atoms with Crippen molar-refractivity contribution in [3.63, 3.8) is 0 Å². The number of aromatic nitrogens is 4. The van der Waals surface area contributed by atoms with Gasteiger partial charge in [0.1, 0.15) is 5.01 Å². The van der Waals surface area contributed by atoms with Gasteiger partial charge in [-0.2, -0.15) is 0 Å². The van der Waals surface area contributed by atoms with Gasteiger partial charge in [-0.05, 0) is 24.6 Å². The number of hydrogen-bond acceptors (Lipinski definition) is 5. The molecule has 1 N–H and O–H groups in total. The molecule has 2 aromatic carbocycles. The second-order valence-corrected chi connectivity index (χ2v) is 8.52. The summed E-state index contributed by atoms with van der Waals surface area (Å²) < 4.78 is 1.87. The summed E-state index contributed by atoms with van der Waals surface area (Å²) in [7, 11) is 0. The lowest BCUT2D eigenvalue weighted by molar-refractivity contribution is -0.120. The molecule has 0 unspecified atom stereocenters. The van der Waals surface area contributed by atoms with Crippen LogP contribution in [0.3, 0.4) is 0 Å². The van der Waals surface area contributed by atoms with Crippen LogP contribution in [0, 0.1) is 6.92 Å². The van der Waals surface area contributed by atoms with Crippen LogP contribution in [0.4, 0.5) is 0 Å². The molecular formula is C25H21N5OS. The van der Waals surface area contributed by atoms with Gasteiger partial charge in [-0.15, -0.1) is 21.5 Å². The SMILES string of the molecule is Cc1ccc(-c2sc(-c3ccccc3)nc2CC(=O)NCc2nnc3ccccn23)cc1.